The molecule has 150 valence electrons. The number of benzene rings is 1. The van der Waals surface area contributed by atoms with Crippen LogP contribution in [0.15, 0.2) is 30.5 Å². The van der Waals surface area contributed by atoms with Crippen molar-refractivity contribution in [3.63, 3.8) is 0 Å². The number of likely N-dealkylation sites (tertiary alicyclic amines) is 1. The molecule has 0 saturated carbocycles. The minimum Gasteiger partial charge on any atom is -0.376 e. The first-order chi connectivity index (χ1) is 13.5. The van der Waals surface area contributed by atoms with Gasteiger partial charge in [0.1, 0.15) is 5.82 Å². The fraction of sp³-hybridized carbons (Fsp3) is 0.476. The molecule has 1 saturated heterocycles. The molecule has 1 fully saturated rings. The van der Waals surface area contributed by atoms with Gasteiger partial charge in [0.2, 0.25) is 11.9 Å². The van der Waals surface area contributed by atoms with Crippen LogP contribution >= 0.6 is 0 Å². The lowest BCUT2D eigenvalue weighted by Crippen LogP contribution is -2.47. The molecule has 2 heterocycles. The summed E-state index contributed by atoms with van der Waals surface area (Å²) in [4.78, 5) is 22.7. The van der Waals surface area contributed by atoms with Crippen LogP contribution in [-0.4, -0.2) is 46.5 Å². The van der Waals surface area contributed by atoms with Crippen LogP contribution in [0.5, 0.6) is 0 Å². The van der Waals surface area contributed by atoms with Gasteiger partial charge in [-0.05, 0) is 55.5 Å². The first-order valence-corrected chi connectivity index (χ1v) is 10.0. The van der Waals surface area contributed by atoms with E-state index < -0.39 is 0 Å². The lowest BCUT2D eigenvalue weighted by molar-refractivity contribution is -0.130. The number of aromatic nitrogens is 2. The predicted octanol–water partition coefficient (Wildman–Crippen LogP) is 2.83. The van der Waals surface area contributed by atoms with Gasteiger partial charge in [0.25, 0.3) is 0 Å². The number of carbonyl (C=O) groups is 1. The molecule has 4 N–H and O–H groups in total. The Kier molecular flexibility index (Phi) is 6.68. The maximum atomic E-state index is 12.7. The Labute approximate surface area is 166 Å². The number of anilines is 3. The molecule has 2 aromatic rings. The molecule has 1 atom stereocenters. The van der Waals surface area contributed by atoms with Crippen molar-refractivity contribution in [1.82, 2.24) is 14.9 Å². The maximum Gasteiger partial charge on any atom is 0.241 e. The van der Waals surface area contributed by atoms with Crippen LogP contribution in [0.2, 0.25) is 0 Å². The van der Waals surface area contributed by atoms with Crippen LogP contribution < -0.4 is 16.4 Å². The molecular weight excluding hydrogens is 352 g/mol. The van der Waals surface area contributed by atoms with Crippen LogP contribution in [0.1, 0.15) is 37.3 Å². The van der Waals surface area contributed by atoms with Gasteiger partial charge in [-0.2, -0.15) is 4.98 Å². The lowest BCUT2D eigenvalue weighted by atomic mass is 10.1. The van der Waals surface area contributed by atoms with Gasteiger partial charge in [-0.3, -0.25) is 4.79 Å². The maximum absolute atomic E-state index is 12.7. The fourth-order valence-electron chi connectivity index (χ4n) is 3.67. The zero-order valence-electron chi connectivity index (χ0n) is 16.7. The molecule has 0 spiro atoms. The third-order valence-corrected chi connectivity index (χ3v) is 4.92. The number of nitrogen functional groups attached to an aromatic ring is 1. The number of aryl methyl sites for hydroxylation is 2. The van der Waals surface area contributed by atoms with Crippen LogP contribution in [-0.2, 0) is 11.2 Å². The molecule has 0 aliphatic carbocycles. The summed E-state index contributed by atoms with van der Waals surface area (Å²) in [5, 5.41) is 6.67. The van der Waals surface area contributed by atoms with Crippen molar-refractivity contribution < 1.29 is 4.79 Å². The average Bonchev–Trinajstić information content (AvgIpc) is 2.66. The van der Waals surface area contributed by atoms with E-state index in [2.05, 4.69) is 52.6 Å². The smallest absolute Gasteiger partial charge is 0.241 e. The van der Waals surface area contributed by atoms with E-state index in [0.717, 1.165) is 37.9 Å². The standard InChI is InChI=1S/C21H30N6O/c1-3-5-16-10-15(2)11-18(12-16)24-13-20(28)27-9-4-6-17(14-27)25-19-7-8-23-21(22)26-19/h7-8,10-12,17,24H,3-6,9,13-14H2,1-2H3,(H3,22,23,25,26). The molecule has 0 bridgehead atoms. The third kappa shape index (κ3) is 5.58. The molecule has 0 radical (unpaired) electrons. The second-order valence-corrected chi connectivity index (χ2v) is 7.43. The van der Waals surface area contributed by atoms with Gasteiger partial charge in [0.15, 0.2) is 0 Å². The summed E-state index contributed by atoms with van der Waals surface area (Å²) in [5.41, 5.74) is 9.18. The number of nitrogens with one attached hydrogen (secondary N) is 2. The highest BCUT2D eigenvalue weighted by Crippen LogP contribution is 2.17. The molecule has 1 amide bonds. The molecule has 1 aromatic heterocycles. The average molecular weight is 383 g/mol. The monoisotopic (exact) mass is 382 g/mol. The summed E-state index contributed by atoms with van der Waals surface area (Å²) in [7, 11) is 0. The SMILES string of the molecule is CCCc1cc(C)cc(NCC(=O)N2CCCC(Nc3ccnc(N)n3)C2)c1. The second kappa shape index (κ2) is 9.39. The van der Waals surface area contributed by atoms with E-state index in [4.69, 9.17) is 5.73 Å². The number of nitrogens with two attached hydrogens (primary N) is 1. The number of rotatable bonds is 7. The Morgan fingerprint density at radius 3 is 3.00 bits per heavy atom. The molecule has 28 heavy (non-hydrogen) atoms. The van der Waals surface area contributed by atoms with Crippen molar-refractivity contribution >= 4 is 23.4 Å². The van der Waals surface area contributed by atoms with E-state index in [-0.39, 0.29) is 17.9 Å². The zero-order valence-corrected chi connectivity index (χ0v) is 16.7. The highest BCUT2D eigenvalue weighted by molar-refractivity contribution is 5.81. The molecule has 1 aliphatic rings. The summed E-state index contributed by atoms with van der Waals surface area (Å²) in [6.07, 6.45) is 5.77. The third-order valence-electron chi connectivity index (χ3n) is 4.92. The highest BCUT2D eigenvalue weighted by atomic mass is 16.2. The lowest BCUT2D eigenvalue weighted by Gasteiger charge is -2.33. The molecule has 7 nitrogen and oxygen atoms in total. The van der Waals surface area contributed by atoms with Crippen molar-refractivity contribution in [2.75, 3.05) is 36.0 Å². The van der Waals surface area contributed by atoms with Crippen molar-refractivity contribution in [3.8, 4) is 0 Å². The Bertz CT molecular complexity index is 809. The van der Waals surface area contributed by atoms with E-state index in [1.54, 1.807) is 12.3 Å². The number of nitrogens with zero attached hydrogens (tertiary/aromatic N) is 3. The molecule has 1 aliphatic heterocycles. The number of amides is 1. The van der Waals surface area contributed by atoms with Crippen molar-refractivity contribution in [1.29, 1.82) is 0 Å². The van der Waals surface area contributed by atoms with E-state index in [1.807, 2.05) is 4.90 Å². The quantitative estimate of drug-likeness (QED) is 0.681. The summed E-state index contributed by atoms with van der Waals surface area (Å²) in [6.45, 7) is 6.03. The predicted molar refractivity (Wildman–Crippen MR) is 113 cm³/mol. The molecule has 1 aromatic carbocycles. The number of piperidine rings is 1. The van der Waals surface area contributed by atoms with Gasteiger partial charge >= 0.3 is 0 Å². The highest BCUT2D eigenvalue weighted by Gasteiger charge is 2.23. The van der Waals surface area contributed by atoms with Gasteiger partial charge in [-0.1, -0.05) is 19.4 Å². The summed E-state index contributed by atoms with van der Waals surface area (Å²) < 4.78 is 0. The number of carbonyl (C=O) groups excluding carboxylic acids is 1. The van der Waals surface area contributed by atoms with Crippen molar-refractivity contribution in [2.45, 2.75) is 45.6 Å². The fourth-order valence-corrected chi connectivity index (χ4v) is 3.67. The van der Waals surface area contributed by atoms with Crippen LogP contribution in [0, 0.1) is 6.92 Å². The first kappa shape index (κ1) is 19.9. The van der Waals surface area contributed by atoms with Gasteiger partial charge in [0, 0.05) is 31.0 Å². The van der Waals surface area contributed by atoms with Crippen LogP contribution in [0.25, 0.3) is 0 Å². The van der Waals surface area contributed by atoms with E-state index in [0.29, 0.717) is 18.9 Å². The van der Waals surface area contributed by atoms with Gasteiger partial charge < -0.3 is 21.3 Å². The Morgan fingerprint density at radius 1 is 1.36 bits per heavy atom. The van der Waals surface area contributed by atoms with Crippen LogP contribution in [0.4, 0.5) is 17.5 Å². The summed E-state index contributed by atoms with van der Waals surface area (Å²) in [6, 6.07) is 8.40. The normalized spacial score (nSPS) is 16.6. The Hall–Kier alpha value is -2.83. The van der Waals surface area contributed by atoms with Crippen molar-refractivity contribution in [3.05, 3.63) is 41.6 Å². The van der Waals surface area contributed by atoms with Gasteiger partial charge in [0.05, 0.1) is 6.54 Å². The minimum absolute atomic E-state index is 0.118. The molecule has 1 unspecified atom stereocenters. The summed E-state index contributed by atoms with van der Waals surface area (Å²) >= 11 is 0. The molecule has 7 heteroatoms. The Morgan fingerprint density at radius 2 is 2.21 bits per heavy atom. The van der Waals surface area contributed by atoms with E-state index in [1.165, 1.54) is 11.1 Å². The first-order valence-electron chi connectivity index (χ1n) is 10.0. The van der Waals surface area contributed by atoms with Gasteiger partial charge in [-0.15, -0.1) is 0 Å². The molecule has 3 rings (SSSR count). The van der Waals surface area contributed by atoms with Gasteiger partial charge in [-0.25, -0.2) is 4.98 Å². The van der Waals surface area contributed by atoms with Crippen LogP contribution in [0.3, 0.4) is 0 Å². The number of hydrogen-bond donors (Lipinski definition) is 3. The molecular formula is C21H30N6O. The number of hydrogen-bond acceptors (Lipinski definition) is 6. The Balaban J connectivity index is 1.54. The minimum atomic E-state index is 0.118. The van der Waals surface area contributed by atoms with Crippen molar-refractivity contribution in [2.24, 2.45) is 0 Å². The summed E-state index contributed by atoms with van der Waals surface area (Å²) in [5.74, 6) is 1.07. The van der Waals surface area contributed by atoms with E-state index in [9.17, 15) is 4.79 Å². The zero-order chi connectivity index (χ0) is 19.9. The largest absolute Gasteiger partial charge is 0.376 e. The topological polar surface area (TPSA) is 96.2 Å². The van der Waals surface area contributed by atoms with E-state index >= 15 is 0 Å². The second-order valence-electron chi connectivity index (χ2n) is 7.43.